The SMILES string of the molecule is O=C1[C@H](CC[C@@H](O)c2ccc(F)cc2)[C@@H](c2ccc(-c3cccc(S(=O)(=O)O)c3)cc2O)N1c1ccccc1. The Hall–Kier alpha value is -4.05. The van der Waals surface area contributed by atoms with Crippen molar-refractivity contribution >= 4 is 21.7 Å². The lowest BCUT2D eigenvalue weighted by atomic mass is 9.77. The lowest BCUT2D eigenvalue weighted by Gasteiger charge is -2.48. The average Bonchev–Trinajstić information content (AvgIpc) is 2.92. The van der Waals surface area contributed by atoms with E-state index in [0.29, 0.717) is 34.4 Å². The maximum absolute atomic E-state index is 13.3. The Balaban J connectivity index is 1.44. The van der Waals surface area contributed by atoms with Gasteiger partial charge in [-0.2, -0.15) is 8.42 Å². The van der Waals surface area contributed by atoms with E-state index in [0.717, 1.165) is 0 Å². The number of hydrogen-bond acceptors (Lipinski definition) is 5. The molecule has 5 rings (SSSR count). The molecular formula is C30H26FNO6S. The molecule has 4 aromatic rings. The number of anilines is 1. The summed E-state index contributed by atoms with van der Waals surface area (Å²) >= 11 is 0. The maximum Gasteiger partial charge on any atom is 0.294 e. The fourth-order valence-electron chi connectivity index (χ4n) is 5.06. The zero-order valence-electron chi connectivity index (χ0n) is 20.7. The van der Waals surface area contributed by atoms with Gasteiger partial charge < -0.3 is 15.1 Å². The molecule has 1 amide bonds. The minimum absolute atomic E-state index is 0.0766. The molecule has 0 spiro atoms. The van der Waals surface area contributed by atoms with Crippen LogP contribution in [0.5, 0.6) is 5.75 Å². The van der Waals surface area contributed by atoms with Crippen LogP contribution in [0.25, 0.3) is 11.1 Å². The number of rotatable bonds is 8. The average molecular weight is 548 g/mol. The van der Waals surface area contributed by atoms with E-state index in [-0.39, 0.29) is 23.0 Å². The van der Waals surface area contributed by atoms with Gasteiger partial charge in [-0.05, 0) is 72.0 Å². The van der Waals surface area contributed by atoms with Crippen LogP contribution in [0.4, 0.5) is 10.1 Å². The highest BCUT2D eigenvalue weighted by molar-refractivity contribution is 7.85. The molecule has 1 saturated heterocycles. The van der Waals surface area contributed by atoms with Crippen molar-refractivity contribution < 1.29 is 32.4 Å². The number of halogens is 1. The van der Waals surface area contributed by atoms with Crippen LogP contribution in [0.1, 0.15) is 36.1 Å². The van der Waals surface area contributed by atoms with Gasteiger partial charge in [-0.1, -0.05) is 54.6 Å². The summed E-state index contributed by atoms with van der Waals surface area (Å²) in [5.41, 5.74) is 2.75. The molecule has 0 saturated carbocycles. The highest BCUT2D eigenvalue weighted by Crippen LogP contribution is 2.49. The molecule has 3 N–H and O–H groups in total. The number of hydrogen-bond donors (Lipinski definition) is 3. The van der Waals surface area contributed by atoms with Gasteiger partial charge in [-0.25, -0.2) is 4.39 Å². The van der Waals surface area contributed by atoms with Crippen molar-refractivity contribution in [2.45, 2.75) is 29.9 Å². The topological polar surface area (TPSA) is 115 Å². The molecule has 0 bridgehead atoms. The van der Waals surface area contributed by atoms with E-state index in [9.17, 15) is 32.4 Å². The number of aromatic hydroxyl groups is 1. The Morgan fingerprint density at radius 3 is 2.23 bits per heavy atom. The van der Waals surface area contributed by atoms with E-state index in [1.165, 1.54) is 48.5 Å². The van der Waals surface area contributed by atoms with Crippen LogP contribution in [0.3, 0.4) is 0 Å². The standard InChI is InChI=1S/C30H26FNO6S/c31-22-12-9-19(10-13-22)27(33)16-15-26-29(32(30(26)35)23-6-2-1-3-7-23)25-14-11-21(18-28(25)34)20-5-4-8-24(17-20)39(36,37)38/h1-14,17-18,26-27,29,33-34H,15-16H2,(H,36,37,38)/t26-,27-,29-/m1/s1. The van der Waals surface area contributed by atoms with E-state index in [1.54, 1.807) is 35.2 Å². The largest absolute Gasteiger partial charge is 0.508 e. The Morgan fingerprint density at radius 2 is 1.56 bits per heavy atom. The van der Waals surface area contributed by atoms with Gasteiger partial charge in [0.2, 0.25) is 5.91 Å². The van der Waals surface area contributed by atoms with Crippen molar-refractivity contribution in [2.24, 2.45) is 5.92 Å². The Labute approximate surface area is 225 Å². The van der Waals surface area contributed by atoms with Crippen molar-refractivity contribution in [3.05, 3.63) is 114 Å². The fourth-order valence-corrected chi connectivity index (χ4v) is 5.59. The second-order valence-corrected chi connectivity index (χ2v) is 10.9. The number of aliphatic hydroxyl groups excluding tert-OH is 1. The normalized spacial score (nSPS) is 18.0. The van der Waals surface area contributed by atoms with Crippen molar-refractivity contribution in [1.82, 2.24) is 0 Å². The summed E-state index contributed by atoms with van der Waals surface area (Å²) in [6, 6.07) is 24.8. The summed E-state index contributed by atoms with van der Waals surface area (Å²) < 4.78 is 45.8. The van der Waals surface area contributed by atoms with Crippen LogP contribution in [0, 0.1) is 11.7 Å². The molecule has 3 atom stereocenters. The number of phenolic OH excluding ortho intramolecular Hbond substituents is 1. The van der Waals surface area contributed by atoms with Crippen LogP contribution in [0.2, 0.25) is 0 Å². The van der Waals surface area contributed by atoms with Crippen LogP contribution >= 0.6 is 0 Å². The maximum atomic E-state index is 13.3. The molecule has 1 fully saturated rings. The molecule has 0 radical (unpaired) electrons. The highest BCUT2D eigenvalue weighted by atomic mass is 32.2. The van der Waals surface area contributed by atoms with Gasteiger partial charge >= 0.3 is 0 Å². The number of aliphatic hydroxyl groups is 1. The number of amides is 1. The smallest absolute Gasteiger partial charge is 0.294 e. The number of carbonyl (C=O) groups excluding carboxylic acids is 1. The number of phenols is 1. The predicted molar refractivity (Wildman–Crippen MR) is 144 cm³/mol. The number of carbonyl (C=O) groups is 1. The van der Waals surface area contributed by atoms with Crippen molar-refractivity contribution in [3.63, 3.8) is 0 Å². The third kappa shape index (κ3) is 5.42. The first kappa shape index (κ1) is 26.6. The van der Waals surface area contributed by atoms with E-state index in [4.69, 9.17) is 0 Å². The summed E-state index contributed by atoms with van der Waals surface area (Å²) in [7, 11) is -4.39. The molecule has 4 aromatic carbocycles. The number of para-hydroxylation sites is 1. The van der Waals surface area contributed by atoms with Crippen LogP contribution in [-0.2, 0) is 14.9 Å². The first-order valence-corrected chi connectivity index (χ1v) is 13.8. The van der Waals surface area contributed by atoms with Crippen molar-refractivity contribution in [2.75, 3.05) is 4.90 Å². The zero-order chi connectivity index (χ0) is 27.7. The van der Waals surface area contributed by atoms with Gasteiger partial charge in [0.25, 0.3) is 10.1 Å². The van der Waals surface area contributed by atoms with E-state index >= 15 is 0 Å². The summed E-state index contributed by atoms with van der Waals surface area (Å²) in [4.78, 5) is 14.7. The highest BCUT2D eigenvalue weighted by Gasteiger charge is 2.49. The number of β-lactam (4-membered cyclic amide) rings is 1. The fraction of sp³-hybridized carbons (Fsp3) is 0.167. The molecule has 0 aliphatic carbocycles. The molecule has 1 aliphatic rings. The zero-order valence-corrected chi connectivity index (χ0v) is 21.5. The van der Waals surface area contributed by atoms with Crippen LogP contribution < -0.4 is 4.90 Å². The quantitative estimate of drug-likeness (QED) is 0.194. The molecule has 0 unspecified atom stereocenters. The van der Waals surface area contributed by atoms with Crippen molar-refractivity contribution in [1.29, 1.82) is 0 Å². The van der Waals surface area contributed by atoms with Crippen LogP contribution in [-0.4, -0.2) is 29.1 Å². The van der Waals surface area contributed by atoms with E-state index < -0.39 is 34.0 Å². The minimum Gasteiger partial charge on any atom is -0.508 e. The molecule has 7 nitrogen and oxygen atoms in total. The summed E-state index contributed by atoms with van der Waals surface area (Å²) in [6.45, 7) is 0. The Kier molecular flexibility index (Phi) is 7.22. The van der Waals surface area contributed by atoms with Gasteiger partial charge in [-0.3, -0.25) is 9.35 Å². The molecule has 1 aliphatic heterocycles. The first-order valence-electron chi connectivity index (χ1n) is 12.4. The molecular weight excluding hydrogens is 521 g/mol. The van der Waals surface area contributed by atoms with Gasteiger partial charge in [0.15, 0.2) is 0 Å². The lowest BCUT2D eigenvalue weighted by molar-refractivity contribution is -0.131. The third-order valence-electron chi connectivity index (χ3n) is 7.07. The summed E-state index contributed by atoms with van der Waals surface area (Å²) in [5.74, 6) is -1.13. The third-order valence-corrected chi connectivity index (χ3v) is 7.92. The van der Waals surface area contributed by atoms with Crippen molar-refractivity contribution in [3.8, 4) is 16.9 Å². The Bertz CT molecular complexity index is 1610. The second kappa shape index (κ2) is 10.6. The van der Waals surface area contributed by atoms with Gasteiger partial charge in [-0.15, -0.1) is 0 Å². The van der Waals surface area contributed by atoms with Gasteiger partial charge in [0, 0.05) is 11.3 Å². The predicted octanol–water partition coefficient (Wildman–Crippen LogP) is 5.66. The number of nitrogens with zero attached hydrogens (tertiary/aromatic N) is 1. The first-order chi connectivity index (χ1) is 18.6. The molecule has 1 heterocycles. The van der Waals surface area contributed by atoms with Crippen LogP contribution in [0.15, 0.2) is 102 Å². The summed E-state index contributed by atoms with van der Waals surface area (Å²) in [6.07, 6.45) is -0.276. The van der Waals surface area contributed by atoms with E-state index in [2.05, 4.69) is 0 Å². The lowest BCUT2D eigenvalue weighted by Crippen LogP contribution is -2.55. The molecule has 39 heavy (non-hydrogen) atoms. The van der Waals surface area contributed by atoms with Gasteiger partial charge in [0.1, 0.15) is 11.6 Å². The molecule has 9 heteroatoms. The van der Waals surface area contributed by atoms with Gasteiger partial charge in [0.05, 0.1) is 23.0 Å². The van der Waals surface area contributed by atoms with E-state index in [1.807, 2.05) is 18.2 Å². The minimum atomic E-state index is -4.39. The molecule has 0 aromatic heterocycles. The number of benzene rings is 4. The molecule has 200 valence electrons. The second-order valence-electron chi connectivity index (χ2n) is 9.52. The monoisotopic (exact) mass is 547 g/mol. The summed E-state index contributed by atoms with van der Waals surface area (Å²) in [5, 5.41) is 21.7. The Morgan fingerprint density at radius 1 is 0.872 bits per heavy atom.